The molecule has 0 saturated carbocycles. The van der Waals surface area contributed by atoms with Crippen LogP contribution in [0.25, 0.3) is 0 Å². The summed E-state index contributed by atoms with van der Waals surface area (Å²) in [7, 11) is 0. The van der Waals surface area contributed by atoms with E-state index >= 15 is 0 Å². The number of aromatic nitrogens is 1. The lowest BCUT2D eigenvalue weighted by Gasteiger charge is -2.03. The molecule has 1 aromatic rings. The summed E-state index contributed by atoms with van der Waals surface area (Å²) in [4.78, 5) is 0. The number of hydrogen-bond donors (Lipinski definition) is 1. The molecule has 2 nitrogen and oxygen atoms in total. The number of pyridine rings is 1. The summed E-state index contributed by atoms with van der Waals surface area (Å²) < 4.78 is 2.17. The molecular formula is C18H32NO+. The molecule has 0 atom stereocenters. The van der Waals surface area contributed by atoms with Gasteiger partial charge in [-0.2, -0.15) is 0 Å². The first-order chi connectivity index (χ1) is 9.88. The van der Waals surface area contributed by atoms with Gasteiger partial charge in [0.2, 0.25) is 5.69 Å². The number of aliphatic hydroxyl groups excluding tert-OH is 1. The molecule has 0 amide bonds. The number of rotatable bonds is 12. The Bertz CT molecular complexity index is 338. The van der Waals surface area contributed by atoms with Gasteiger partial charge < -0.3 is 5.11 Å². The fourth-order valence-corrected chi connectivity index (χ4v) is 2.64. The van der Waals surface area contributed by atoms with Crippen molar-refractivity contribution >= 4 is 0 Å². The Morgan fingerprint density at radius 2 is 1.45 bits per heavy atom. The van der Waals surface area contributed by atoms with Gasteiger partial charge >= 0.3 is 0 Å². The van der Waals surface area contributed by atoms with E-state index in [4.69, 9.17) is 0 Å². The average Bonchev–Trinajstić information content (AvgIpc) is 2.49. The van der Waals surface area contributed by atoms with Gasteiger partial charge in [-0.05, 0) is 6.42 Å². The zero-order valence-electron chi connectivity index (χ0n) is 13.2. The third kappa shape index (κ3) is 7.64. The van der Waals surface area contributed by atoms with Crippen LogP contribution in [0.4, 0.5) is 0 Å². The lowest BCUT2D eigenvalue weighted by molar-refractivity contribution is -0.706. The lowest BCUT2D eigenvalue weighted by atomic mass is 10.1. The SMILES string of the molecule is CCCCCCCCCCCC[n+]1ccccc1CO. The highest BCUT2D eigenvalue weighted by atomic mass is 16.3. The zero-order chi connectivity index (χ0) is 14.5. The molecule has 0 unspecified atom stereocenters. The molecule has 0 aromatic carbocycles. The molecule has 114 valence electrons. The van der Waals surface area contributed by atoms with E-state index in [1.165, 1.54) is 64.2 Å². The van der Waals surface area contributed by atoms with Crippen LogP contribution in [0.15, 0.2) is 24.4 Å². The average molecular weight is 278 g/mol. The summed E-state index contributed by atoms with van der Waals surface area (Å²) in [5.74, 6) is 0. The zero-order valence-corrected chi connectivity index (χ0v) is 13.2. The summed E-state index contributed by atoms with van der Waals surface area (Å²) in [6.07, 6.45) is 15.8. The van der Waals surface area contributed by atoms with E-state index in [2.05, 4.69) is 17.7 Å². The minimum absolute atomic E-state index is 0.137. The maximum absolute atomic E-state index is 9.26. The van der Waals surface area contributed by atoms with Gasteiger partial charge in [-0.3, -0.25) is 0 Å². The molecule has 0 aliphatic heterocycles. The number of hydrogen-bond acceptors (Lipinski definition) is 1. The highest BCUT2D eigenvalue weighted by Crippen LogP contribution is 2.10. The van der Waals surface area contributed by atoms with Crippen molar-refractivity contribution in [3.63, 3.8) is 0 Å². The number of aliphatic hydroxyl groups is 1. The van der Waals surface area contributed by atoms with Gasteiger partial charge in [-0.25, -0.2) is 4.57 Å². The Morgan fingerprint density at radius 3 is 2.05 bits per heavy atom. The summed E-state index contributed by atoms with van der Waals surface area (Å²) >= 11 is 0. The fraction of sp³-hybridized carbons (Fsp3) is 0.722. The topological polar surface area (TPSA) is 24.1 Å². The minimum Gasteiger partial charge on any atom is -0.385 e. The highest BCUT2D eigenvalue weighted by molar-refractivity contribution is 4.95. The van der Waals surface area contributed by atoms with Gasteiger partial charge in [0.15, 0.2) is 6.20 Å². The molecule has 1 aromatic heterocycles. The normalized spacial score (nSPS) is 10.9. The smallest absolute Gasteiger partial charge is 0.206 e. The Labute approximate surface area is 124 Å². The molecule has 0 saturated heterocycles. The summed E-state index contributed by atoms with van der Waals surface area (Å²) in [6.45, 7) is 3.44. The van der Waals surface area contributed by atoms with Crippen molar-refractivity contribution in [2.45, 2.75) is 84.3 Å². The van der Waals surface area contributed by atoms with Crippen LogP contribution in [0.3, 0.4) is 0 Å². The maximum atomic E-state index is 9.26. The molecule has 0 radical (unpaired) electrons. The number of unbranched alkanes of at least 4 members (excludes halogenated alkanes) is 9. The van der Waals surface area contributed by atoms with Crippen LogP contribution in [0.1, 0.15) is 76.8 Å². The predicted octanol–water partition coefficient (Wildman–Crippen LogP) is 4.39. The van der Waals surface area contributed by atoms with Crippen LogP contribution < -0.4 is 4.57 Å². The van der Waals surface area contributed by atoms with Crippen molar-refractivity contribution in [3.05, 3.63) is 30.1 Å². The van der Waals surface area contributed by atoms with E-state index in [9.17, 15) is 5.11 Å². The van der Waals surface area contributed by atoms with E-state index in [-0.39, 0.29) is 6.61 Å². The van der Waals surface area contributed by atoms with Gasteiger partial charge in [-0.1, -0.05) is 64.4 Å². The van der Waals surface area contributed by atoms with Gasteiger partial charge in [-0.15, -0.1) is 0 Å². The first-order valence-corrected chi connectivity index (χ1v) is 8.46. The largest absolute Gasteiger partial charge is 0.385 e. The Balaban J connectivity index is 1.97. The molecule has 20 heavy (non-hydrogen) atoms. The summed E-state index contributed by atoms with van der Waals surface area (Å²) in [6, 6.07) is 6.02. The minimum atomic E-state index is 0.137. The van der Waals surface area contributed by atoms with Gasteiger partial charge in [0.1, 0.15) is 13.2 Å². The Morgan fingerprint density at radius 1 is 0.850 bits per heavy atom. The van der Waals surface area contributed by atoms with Crippen LogP contribution in [0, 0.1) is 0 Å². The van der Waals surface area contributed by atoms with E-state index in [0.29, 0.717) is 0 Å². The molecule has 2 heteroatoms. The molecule has 1 N–H and O–H groups in total. The van der Waals surface area contributed by atoms with Gasteiger partial charge in [0.25, 0.3) is 0 Å². The molecule has 1 rings (SSSR count). The molecule has 0 aliphatic rings. The van der Waals surface area contributed by atoms with Gasteiger partial charge in [0.05, 0.1) is 0 Å². The lowest BCUT2D eigenvalue weighted by Crippen LogP contribution is -2.37. The first kappa shape index (κ1) is 17.2. The predicted molar refractivity (Wildman–Crippen MR) is 84.4 cm³/mol. The molecular weight excluding hydrogens is 246 g/mol. The highest BCUT2D eigenvalue weighted by Gasteiger charge is 2.06. The van der Waals surface area contributed by atoms with Crippen LogP contribution in [-0.4, -0.2) is 5.11 Å². The van der Waals surface area contributed by atoms with Crippen molar-refractivity contribution in [1.29, 1.82) is 0 Å². The van der Waals surface area contributed by atoms with E-state index in [1.54, 1.807) is 0 Å². The first-order valence-electron chi connectivity index (χ1n) is 8.46. The molecule has 0 fully saturated rings. The second-order valence-corrected chi connectivity index (χ2v) is 5.73. The second-order valence-electron chi connectivity index (χ2n) is 5.73. The van der Waals surface area contributed by atoms with Crippen molar-refractivity contribution in [3.8, 4) is 0 Å². The fourth-order valence-electron chi connectivity index (χ4n) is 2.64. The maximum Gasteiger partial charge on any atom is 0.206 e. The van der Waals surface area contributed by atoms with Crippen molar-refractivity contribution in [1.82, 2.24) is 0 Å². The Kier molecular flexibility index (Phi) is 10.2. The molecule has 1 heterocycles. The van der Waals surface area contributed by atoms with E-state index < -0.39 is 0 Å². The van der Waals surface area contributed by atoms with Crippen molar-refractivity contribution in [2.75, 3.05) is 0 Å². The van der Waals surface area contributed by atoms with Crippen LogP contribution in [0.5, 0.6) is 0 Å². The van der Waals surface area contributed by atoms with Gasteiger partial charge in [0, 0.05) is 18.6 Å². The Hall–Kier alpha value is -0.890. The van der Waals surface area contributed by atoms with Crippen LogP contribution >= 0.6 is 0 Å². The molecule has 0 spiro atoms. The standard InChI is InChI=1S/C18H32NO/c1-2-3-4-5-6-7-8-9-10-12-15-19-16-13-11-14-18(19)17-20/h11,13-14,16,20H,2-10,12,15,17H2,1H3/q+1. The van der Waals surface area contributed by atoms with Crippen LogP contribution in [0.2, 0.25) is 0 Å². The molecule has 0 bridgehead atoms. The monoisotopic (exact) mass is 278 g/mol. The number of nitrogens with zero attached hydrogens (tertiary/aromatic N) is 1. The van der Waals surface area contributed by atoms with Crippen LogP contribution in [-0.2, 0) is 13.2 Å². The molecule has 0 aliphatic carbocycles. The quantitative estimate of drug-likeness (QED) is 0.445. The van der Waals surface area contributed by atoms with E-state index in [0.717, 1.165) is 12.2 Å². The van der Waals surface area contributed by atoms with Crippen molar-refractivity contribution in [2.24, 2.45) is 0 Å². The number of aryl methyl sites for hydroxylation is 1. The third-order valence-corrected chi connectivity index (χ3v) is 3.95. The third-order valence-electron chi connectivity index (χ3n) is 3.95. The summed E-state index contributed by atoms with van der Waals surface area (Å²) in [5.41, 5.74) is 1.02. The van der Waals surface area contributed by atoms with E-state index in [1.807, 2.05) is 18.2 Å². The summed E-state index contributed by atoms with van der Waals surface area (Å²) in [5, 5.41) is 9.26. The van der Waals surface area contributed by atoms with Crippen molar-refractivity contribution < 1.29 is 9.67 Å². The second kappa shape index (κ2) is 11.9.